The number of rotatable bonds is 4. The fraction of sp³-hybridized carbons (Fsp3) is 0.769. The molecule has 2 atom stereocenters. The van der Waals surface area contributed by atoms with Crippen LogP contribution in [0.3, 0.4) is 0 Å². The summed E-state index contributed by atoms with van der Waals surface area (Å²) >= 11 is 1.71. The molecule has 2 N–H and O–H groups in total. The van der Waals surface area contributed by atoms with Gasteiger partial charge >= 0.3 is 0 Å². The predicted molar refractivity (Wildman–Crippen MR) is 70.9 cm³/mol. The highest BCUT2D eigenvalue weighted by molar-refractivity contribution is 7.09. The van der Waals surface area contributed by atoms with Crippen molar-refractivity contribution in [1.29, 1.82) is 0 Å². The molecule has 17 heavy (non-hydrogen) atoms. The standard InChI is InChI=1S/C13H22N2OS/c1-3-16-13(6-4-5-10(2)7-13)12-15-11(8-14)9-17-12/h9-10H,3-8,14H2,1-2H3. The Kier molecular flexibility index (Phi) is 4.17. The molecule has 0 aromatic carbocycles. The minimum absolute atomic E-state index is 0.134. The molecule has 96 valence electrons. The molecule has 1 aliphatic carbocycles. The van der Waals surface area contributed by atoms with Gasteiger partial charge in [0.2, 0.25) is 0 Å². The molecule has 1 aliphatic rings. The summed E-state index contributed by atoms with van der Waals surface area (Å²) in [4.78, 5) is 4.65. The highest BCUT2D eigenvalue weighted by Gasteiger charge is 2.39. The van der Waals surface area contributed by atoms with Crippen LogP contribution in [0.15, 0.2) is 5.38 Å². The third-order valence-electron chi connectivity index (χ3n) is 3.53. The fourth-order valence-electron chi connectivity index (χ4n) is 2.78. The number of nitrogens with zero attached hydrogens (tertiary/aromatic N) is 1. The first-order valence-corrected chi connectivity index (χ1v) is 7.37. The Labute approximate surface area is 107 Å². The summed E-state index contributed by atoms with van der Waals surface area (Å²) in [7, 11) is 0. The average Bonchev–Trinajstić information content (AvgIpc) is 2.78. The molecule has 0 amide bonds. The largest absolute Gasteiger partial charge is 0.368 e. The van der Waals surface area contributed by atoms with Crippen molar-refractivity contribution in [3.05, 3.63) is 16.1 Å². The van der Waals surface area contributed by atoms with Gasteiger partial charge in [-0.25, -0.2) is 4.98 Å². The lowest BCUT2D eigenvalue weighted by Gasteiger charge is -2.38. The van der Waals surface area contributed by atoms with Crippen molar-refractivity contribution in [1.82, 2.24) is 4.98 Å². The zero-order chi connectivity index (χ0) is 12.3. The summed E-state index contributed by atoms with van der Waals surface area (Å²) in [5.41, 5.74) is 6.49. The van der Waals surface area contributed by atoms with E-state index in [1.54, 1.807) is 11.3 Å². The van der Waals surface area contributed by atoms with Gasteiger partial charge in [0, 0.05) is 18.5 Å². The molecule has 1 fully saturated rings. The molecule has 0 bridgehead atoms. The maximum Gasteiger partial charge on any atom is 0.125 e. The van der Waals surface area contributed by atoms with Crippen molar-refractivity contribution in [2.75, 3.05) is 6.61 Å². The molecule has 1 heterocycles. The van der Waals surface area contributed by atoms with Gasteiger partial charge < -0.3 is 10.5 Å². The van der Waals surface area contributed by atoms with Crippen LogP contribution in [0.4, 0.5) is 0 Å². The van der Waals surface area contributed by atoms with E-state index in [4.69, 9.17) is 10.5 Å². The molecular formula is C13H22N2OS. The van der Waals surface area contributed by atoms with E-state index < -0.39 is 0 Å². The Morgan fingerprint density at radius 1 is 1.65 bits per heavy atom. The van der Waals surface area contributed by atoms with Crippen LogP contribution < -0.4 is 5.73 Å². The smallest absolute Gasteiger partial charge is 0.125 e. The zero-order valence-electron chi connectivity index (χ0n) is 10.7. The summed E-state index contributed by atoms with van der Waals surface area (Å²) < 4.78 is 6.09. The van der Waals surface area contributed by atoms with Gasteiger partial charge in [0.05, 0.1) is 5.69 Å². The van der Waals surface area contributed by atoms with Crippen LogP contribution >= 0.6 is 11.3 Å². The summed E-state index contributed by atoms with van der Waals surface area (Å²) in [6, 6.07) is 0. The topological polar surface area (TPSA) is 48.1 Å². The van der Waals surface area contributed by atoms with Crippen molar-refractivity contribution in [2.45, 2.75) is 51.7 Å². The summed E-state index contributed by atoms with van der Waals surface area (Å²) in [6.45, 7) is 5.65. The number of thiazole rings is 1. The second-order valence-corrected chi connectivity index (χ2v) is 5.84. The summed E-state index contributed by atoms with van der Waals surface area (Å²) in [5, 5.41) is 3.20. The Morgan fingerprint density at radius 2 is 2.47 bits per heavy atom. The molecule has 2 rings (SSSR count). The van der Waals surface area contributed by atoms with Gasteiger partial charge in [0.25, 0.3) is 0 Å². The van der Waals surface area contributed by atoms with E-state index in [2.05, 4.69) is 24.2 Å². The quantitative estimate of drug-likeness (QED) is 0.898. The molecule has 0 aliphatic heterocycles. The van der Waals surface area contributed by atoms with E-state index in [1.165, 1.54) is 12.8 Å². The summed E-state index contributed by atoms with van der Waals surface area (Å²) in [5.74, 6) is 0.723. The maximum absolute atomic E-state index is 6.09. The highest BCUT2D eigenvalue weighted by atomic mass is 32.1. The van der Waals surface area contributed by atoms with E-state index in [-0.39, 0.29) is 5.60 Å². The van der Waals surface area contributed by atoms with E-state index in [0.29, 0.717) is 6.54 Å². The second kappa shape index (κ2) is 5.46. The number of aromatic nitrogens is 1. The molecule has 4 heteroatoms. The first-order valence-electron chi connectivity index (χ1n) is 6.49. The van der Waals surface area contributed by atoms with Crippen LogP contribution in [0.5, 0.6) is 0 Å². The van der Waals surface area contributed by atoms with Crippen molar-refractivity contribution in [3.8, 4) is 0 Å². The average molecular weight is 254 g/mol. The van der Waals surface area contributed by atoms with Gasteiger partial charge in [0.1, 0.15) is 10.6 Å². The van der Waals surface area contributed by atoms with Gasteiger partial charge in [-0.3, -0.25) is 0 Å². The molecule has 0 saturated heterocycles. The second-order valence-electron chi connectivity index (χ2n) is 4.98. The Balaban J connectivity index is 2.26. The lowest BCUT2D eigenvalue weighted by atomic mass is 9.79. The van der Waals surface area contributed by atoms with Crippen LogP contribution in [-0.4, -0.2) is 11.6 Å². The van der Waals surface area contributed by atoms with Crippen molar-refractivity contribution in [2.24, 2.45) is 11.7 Å². The van der Waals surface area contributed by atoms with Crippen LogP contribution in [-0.2, 0) is 16.9 Å². The van der Waals surface area contributed by atoms with Crippen LogP contribution in [0, 0.1) is 5.92 Å². The molecule has 1 aromatic heterocycles. The predicted octanol–water partition coefficient (Wildman–Crippen LogP) is 3.04. The van der Waals surface area contributed by atoms with Gasteiger partial charge in [-0.05, 0) is 32.1 Å². The maximum atomic E-state index is 6.09. The molecule has 0 radical (unpaired) electrons. The highest BCUT2D eigenvalue weighted by Crippen LogP contribution is 2.43. The van der Waals surface area contributed by atoms with E-state index in [0.717, 1.165) is 36.1 Å². The minimum atomic E-state index is -0.134. The molecule has 2 unspecified atom stereocenters. The fourth-order valence-corrected chi connectivity index (χ4v) is 3.80. The van der Waals surface area contributed by atoms with E-state index in [1.807, 2.05) is 0 Å². The van der Waals surface area contributed by atoms with Gasteiger partial charge in [-0.1, -0.05) is 13.3 Å². The normalized spacial score (nSPS) is 29.5. The third kappa shape index (κ3) is 2.69. The monoisotopic (exact) mass is 254 g/mol. The number of hydrogen-bond acceptors (Lipinski definition) is 4. The lowest BCUT2D eigenvalue weighted by molar-refractivity contribution is -0.0821. The number of ether oxygens (including phenoxy) is 1. The van der Waals surface area contributed by atoms with Crippen molar-refractivity contribution in [3.63, 3.8) is 0 Å². The Hall–Kier alpha value is -0.450. The first kappa shape index (κ1) is 13.0. The van der Waals surface area contributed by atoms with Gasteiger partial charge in [-0.15, -0.1) is 11.3 Å². The minimum Gasteiger partial charge on any atom is -0.368 e. The first-order chi connectivity index (χ1) is 8.20. The Morgan fingerprint density at radius 3 is 3.06 bits per heavy atom. The molecule has 0 spiro atoms. The van der Waals surface area contributed by atoms with Crippen LogP contribution in [0.1, 0.15) is 50.2 Å². The lowest BCUT2D eigenvalue weighted by Crippen LogP contribution is -2.35. The molecule has 3 nitrogen and oxygen atoms in total. The van der Waals surface area contributed by atoms with E-state index >= 15 is 0 Å². The Bertz CT molecular complexity index is 362. The van der Waals surface area contributed by atoms with E-state index in [9.17, 15) is 0 Å². The SMILES string of the molecule is CCOC1(c2nc(CN)cs2)CCCC(C)C1. The van der Waals surface area contributed by atoms with Gasteiger partial charge in [-0.2, -0.15) is 0 Å². The van der Waals surface area contributed by atoms with Crippen molar-refractivity contribution >= 4 is 11.3 Å². The molecule has 1 aromatic rings. The summed E-state index contributed by atoms with van der Waals surface area (Å²) in [6.07, 6.45) is 4.74. The van der Waals surface area contributed by atoms with Crippen molar-refractivity contribution < 1.29 is 4.74 Å². The van der Waals surface area contributed by atoms with Crippen LogP contribution in [0.25, 0.3) is 0 Å². The van der Waals surface area contributed by atoms with Crippen LogP contribution in [0.2, 0.25) is 0 Å². The number of nitrogens with two attached hydrogens (primary N) is 1. The molecular weight excluding hydrogens is 232 g/mol. The molecule has 1 saturated carbocycles. The van der Waals surface area contributed by atoms with Gasteiger partial charge in [0.15, 0.2) is 0 Å². The zero-order valence-corrected chi connectivity index (χ0v) is 11.6. The third-order valence-corrected chi connectivity index (χ3v) is 4.60. The number of hydrogen-bond donors (Lipinski definition) is 1.